The van der Waals surface area contributed by atoms with Gasteiger partial charge in [-0.05, 0) is 19.1 Å². The third-order valence-electron chi connectivity index (χ3n) is 3.38. The lowest BCUT2D eigenvalue weighted by molar-refractivity contribution is 0.410. The Labute approximate surface area is 151 Å². The van der Waals surface area contributed by atoms with E-state index in [2.05, 4.69) is 20.8 Å². The third-order valence-corrected chi connectivity index (χ3v) is 3.38. The lowest BCUT2D eigenvalue weighted by Gasteiger charge is -2.15. The van der Waals surface area contributed by atoms with Crippen molar-refractivity contribution in [3.63, 3.8) is 0 Å². The molecule has 7 heteroatoms. The van der Waals surface area contributed by atoms with Gasteiger partial charge in [-0.25, -0.2) is 0 Å². The highest BCUT2D eigenvalue weighted by Crippen LogP contribution is 2.23. The van der Waals surface area contributed by atoms with Crippen LogP contribution in [0.25, 0.3) is 11.0 Å². The first kappa shape index (κ1) is 17.3. The van der Waals surface area contributed by atoms with Gasteiger partial charge in [0.05, 0.1) is 12.6 Å². The van der Waals surface area contributed by atoms with Crippen LogP contribution in [0.5, 0.6) is 0 Å². The second-order valence-corrected chi connectivity index (χ2v) is 4.97. The lowest BCUT2D eigenvalue weighted by atomic mass is 10.2. The number of furan rings is 1. The van der Waals surface area contributed by atoms with Gasteiger partial charge in [0.15, 0.2) is 5.96 Å². The number of halogens is 1. The van der Waals surface area contributed by atoms with E-state index in [1.807, 2.05) is 43.3 Å². The summed E-state index contributed by atoms with van der Waals surface area (Å²) in [4.78, 5) is 4.20. The summed E-state index contributed by atoms with van der Waals surface area (Å²) in [6.07, 6.45) is 1.55. The van der Waals surface area contributed by atoms with Gasteiger partial charge in [0.1, 0.15) is 23.3 Å². The highest BCUT2D eigenvalue weighted by molar-refractivity contribution is 14.0. The summed E-state index contributed by atoms with van der Waals surface area (Å²) in [6, 6.07) is 11.8. The summed E-state index contributed by atoms with van der Waals surface area (Å²) in [5, 5.41) is 11.4. The van der Waals surface area contributed by atoms with Crippen LogP contribution in [0, 0.1) is 0 Å². The van der Waals surface area contributed by atoms with Crippen LogP contribution >= 0.6 is 24.0 Å². The molecule has 0 radical (unpaired) electrons. The molecule has 0 bridgehead atoms. The van der Waals surface area contributed by atoms with Gasteiger partial charge >= 0.3 is 0 Å². The summed E-state index contributed by atoms with van der Waals surface area (Å²) >= 11 is 0. The van der Waals surface area contributed by atoms with Crippen molar-refractivity contribution in [2.75, 3.05) is 7.05 Å². The number of hydrogen-bond donors (Lipinski definition) is 2. The molecule has 1 atom stereocenters. The molecule has 2 heterocycles. The first-order valence-electron chi connectivity index (χ1n) is 7.11. The molecule has 0 saturated carbocycles. The van der Waals surface area contributed by atoms with Gasteiger partial charge in [-0.3, -0.25) is 4.99 Å². The average molecular weight is 426 g/mol. The number of rotatable bonds is 4. The number of aliphatic imine (C=N–C) groups is 1. The standard InChI is InChI=1S/C16H18N4O2.HI/c1-11(15-9-12-5-3-4-6-14(12)22-15)19-16(17-2)18-10-13-7-8-21-20-13;/h3-9,11H,10H2,1-2H3,(H2,17,18,19);1H. The monoisotopic (exact) mass is 426 g/mol. The molecule has 0 spiro atoms. The molecule has 3 rings (SSSR count). The Balaban J connectivity index is 0.00000192. The summed E-state index contributed by atoms with van der Waals surface area (Å²) in [6.45, 7) is 2.57. The van der Waals surface area contributed by atoms with Crippen molar-refractivity contribution in [1.29, 1.82) is 0 Å². The second-order valence-electron chi connectivity index (χ2n) is 4.97. The van der Waals surface area contributed by atoms with Gasteiger partial charge < -0.3 is 19.6 Å². The van der Waals surface area contributed by atoms with Crippen LogP contribution in [0.2, 0.25) is 0 Å². The number of aromatic nitrogens is 1. The van der Waals surface area contributed by atoms with Crippen molar-refractivity contribution in [2.45, 2.75) is 19.5 Å². The Morgan fingerprint density at radius 3 is 2.83 bits per heavy atom. The van der Waals surface area contributed by atoms with Crippen LogP contribution in [0.4, 0.5) is 0 Å². The fraction of sp³-hybridized carbons (Fsp3) is 0.250. The molecule has 3 aromatic rings. The zero-order valence-corrected chi connectivity index (χ0v) is 15.3. The minimum absolute atomic E-state index is 0. The molecule has 1 unspecified atom stereocenters. The SMILES string of the molecule is CN=C(NCc1ccon1)NC(C)c1cc2ccccc2o1.I. The quantitative estimate of drug-likeness (QED) is 0.380. The lowest BCUT2D eigenvalue weighted by Crippen LogP contribution is -2.38. The zero-order chi connectivity index (χ0) is 15.4. The van der Waals surface area contributed by atoms with E-state index in [0.717, 1.165) is 22.4 Å². The first-order chi connectivity index (χ1) is 10.8. The second kappa shape index (κ2) is 8.00. The van der Waals surface area contributed by atoms with Crippen LogP contribution < -0.4 is 10.6 Å². The van der Waals surface area contributed by atoms with E-state index in [0.29, 0.717) is 12.5 Å². The van der Waals surface area contributed by atoms with Gasteiger partial charge in [-0.2, -0.15) is 0 Å². The molecule has 6 nitrogen and oxygen atoms in total. The maximum atomic E-state index is 5.85. The van der Waals surface area contributed by atoms with Crippen molar-refractivity contribution in [3.8, 4) is 0 Å². The van der Waals surface area contributed by atoms with Crippen LogP contribution in [0.1, 0.15) is 24.4 Å². The highest BCUT2D eigenvalue weighted by Gasteiger charge is 2.13. The average Bonchev–Trinajstić information content (AvgIpc) is 3.19. The van der Waals surface area contributed by atoms with Crippen LogP contribution in [0.3, 0.4) is 0 Å². The van der Waals surface area contributed by atoms with Crippen LogP contribution in [0.15, 0.2) is 56.6 Å². The molecule has 0 aliphatic carbocycles. The number of fused-ring (bicyclic) bond motifs is 1. The van der Waals surface area contributed by atoms with E-state index in [9.17, 15) is 0 Å². The van der Waals surface area contributed by atoms with E-state index >= 15 is 0 Å². The fourth-order valence-electron chi connectivity index (χ4n) is 2.19. The maximum Gasteiger partial charge on any atom is 0.191 e. The summed E-state index contributed by atoms with van der Waals surface area (Å²) in [5.41, 5.74) is 1.70. The summed E-state index contributed by atoms with van der Waals surface area (Å²) in [5.74, 6) is 1.54. The van der Waals surface area contributed by atoms with Crippen molar-refractivity contribution in [2.24, 2.45) is 4.99 Å². The molecule has 122 valence electrons. The van der Waals surface area contributed by atoms with E-state index in [4.69, 9.17) is 8.94 Å². The van der Waals surface area contributed by atoms with Gasteiger partial charge in [0.25, 0.3) is 0 Å². The molecule has 0 amide bonds. The van der Waals surface area contributed by atoms with Crippen molar-refractivity contribution in [1.82, 2.24) is 15.8 Å². The number of guanidine groups is 1. The molecule has 23 heavy (non-hydrogen) atoms. The summed E-state index contributed by atoms with van der Waals surface area (Å²) in [7, 11) is 1.73. The molecule has 1 aromatic carbocycles. The molecule has 2 N–H and O–H groups in total. The van der Waals surface area contributed by atoms with Crippen LogP contribution in [-0.2, 0) is 6.54 Å². The molecule has 0 fully saturated rings. The largest absolute Gasteiger partial charge is 0.459 e. The van der Waals surface area contributed by atoms with Crippen molar-refractivity contribution >= 4 is 40.9 Å². The predicted octanol–water partition coefficient (Wildman–Crippen LogP) is 3.47. The van der Waals surface area contributed by atoms with Gasteiger partial charge in [0.2, 0.25) is 0 Å². The zero-order valence-electron chi connectivity index (χ0n) is 12.9. The molecule has 2 aromatic heterocycles. The van der Waals surface area contributed by atoms with Crippen molar-refractivity contribution in [3.05, 3.63) is 54.1 Å². The van der Waals surface area contributed by atoms with Gasteiger partial charge in [-0.15, -0.1) is 24.0 Å². The Morgan fingerprint density at radius 2 is 2.13 bits per heavy atom. The number of nitrogens with zero attached hydrogens (tertiary/aromatic N) is 2. The summed E-state index contributed by atoms with van der Waals surface area (Å²) < 4.78 is 10.7. The Bertz CT molecular complexity index is 734. The minimum Gasteiger partial charge on any atom is -0.459 e. The molecule has 0 saturated heterocycles. The van der Waals surface area contributed by atoms with E-state index in [1.165, 1.54) is 0 Å². The van der Waals surface area contributed by atoms with E-state index in [1.54, 1.807) is 13.3 Å². The van der Waals surface area contributed by atoms with Crippen molar-refractivity contribution < 1.29 is 8.94 Å². The topological polar surface area (TPSA) is 75.6 Å². The van der Waals surface area contributed by atoms with Gasteiger partial charge in [0, 0.05) is 18.5 Å². The molecular weight excluding hydrogens is 407 g/mol. The molecule has 0 aliphatic heterocycles. The first-order valence-corrected chi connectivity index (χ1v) is 7.11. The third kappa shape index (κ3) is 4.25. The van der Waals surface area contributed by atoms with Gasteiger partial charge in [-0.1, -0.05) is 23.4 Å². The Kier molecular flexibility index (Phi) is 6.03. The smallest absolute Gasteiger partial charge is 0.191 e. The number of hydrogen-bond acceptors (Lipinski definition) is 4. The molecular formula is C16H19IN4O2. The number of nitrogens with one attached hydrogen (secondary N) is 2. The fourth-order valence-corrected chi connectivity index (χ4v) is 2.19. The van der Waals surface area contributed by atoms with E-state index in [-0.39, 0.29) is 30.0 Å². The Hall–Kier alpha value is -2.03. The highest BCUT2D eigenvalue weighted by atomic mass is 127. The number of para-hydroxylation sites is 1. The minimum atomic E-state index is -0.00379. The Morgan fingerprint density at radius 1 is 1.30 bits per heavy atom. The van der Waals surface area contributed by atoms with E-state index < -0.39 is 0 Å². The predicted molar refractivity (Wildman–Crippen MR) is 99.9 cm³/mol. The number of benzene rings is 1. The normalized spacial score (nSPS) is 12.7. The van der Waals surface area contributed by atoms with Crippen LogP contribution in [-0.4, -0.2) is 18.2 Å². The maximum absolute atomic E-state index is 5.85. The molecule has 0 aliphatic rings.